The average molecular weight is 154 g/mol. The van der Waals surface area contributed by atoms with Crippen LogP contribution in [-0.4, -0.2) is 17.3 Å². The van der Waals surface area contributed by atoms with Gasteiger partial charge in [-0.15, -0.1) is 0 Å². The zero-order valence-corrected chi connectivity index (χ0v) is 6.41. The Morgan fingerprint density at radius 1 is 1.64 bits per heavy atom. The first-order valence-corrected chi connectivity index (χ1v) is 3.71. The van der Waals surface area contributed by atoms with Crippen LogP contribution in [0, 0.1) is 0 Å². The Labute approximate surface area is 64.5 Å². The molecule has 1 fully saturated rings. The van der Waals surface area contributed by atoms with Crippen molar-refractivity contribution in [3.05, 3.63) is 11.7 Å². The van der Waals surface area contributed by atoms with E-state index in [1.807, 2.05) is 0 Å². The number of ether oxygens (including phenoxy) is 1. The van der Waals surface area contributed by atoms with E-state index in [1.54, 1.807) is 7.11 Å². The molecule has 0 N–H and O–H groups in total. The summed E-state index contributed by atoms with van der Waals surface area (Å²) in [6, 6.07) is 0. The highest BCUT2D eigenvalue weighted by Gasteiger charge is 2.29. The molecule has 0 atom stereocenters. The van der Waals surface area contributed by atoms with E-state index in [9.17, 15) is 0 Å². The minimum atomic E-state index is 0.441. The van der Waals surface area contributed by atoms with Crippen molar-refractivity contribution in [1.29, 1.82) is 0 Å². The zero-order valence-electron chi connectivity index (χ0n) is 6.41. The molecule has 4 heteroatoms. The first kappa shape index (κ1) is 6.79. The van der Waals surface area contributed by atoms with Crippen LogP contribution in [0.15, 0.2) is 4.52 Å². The SMILES string of the molecule is COCc1noc(C2CC2)n1. The summed E-state index contributed by atoms with van der Waals surface area (Å²) in [7, 11) is 1.62. The van der Waals surface area contributed by atoms with E-state index in [0.717, 1.165) is 5.89 Å². The van der Waals surface area contributed by atoms with Gasteiger partial charge in [-0.1, -0.05) is 5.16 Å². The molecule has 0 spiro atoms. The van der Waals surface area contributed by atoms with Gasteiger partial charge in [-0.25, -0.2) is 0 Å². The van der Waals surface area contributed by atoms with E-state index in [2.05, 4.69) is 10.1 Å². The number of methoxy groups -OCH3 is 1. The van der Waals surface area contributed by atoms with E-state index < -0.39 is 0 Å². The van der Waals surface area contributed by atoms with Gasteiger partial charge in [-0.05, 0) is 12.8 Å². The Hall–Kier alpha value is -0.900. The molecule has 2 rings (SSSR count). The second-order valence-electron chi connectivity index (χ2n) is 2.76. The topological polar surface area (TPSA) is 48.2 Å². The molecular weight excluding hydrogens is 144 g/mol. The fourth-order valence-electron chi connectivity index (χ4n) is 0.951. The summed E-state index contributed by atoms with van der Waals surface area (Å²) in [6.07, 6.45) is 2.38. The molecule has 4 nitrogen and oxygen atoms in total. The maximum Gasteiger partial charge on any atom is 0.229 e. The van der Waals surface area contributed by atoms with E-state index in [0.29, 0.717) is 18.3 Å². The maximum absolute atomic E-state index is 5.00. The Morgan fingerprint density at radius 2 is 2.45 bits per heavy atom. The Balaban J connectivity index is 2.06. The molecule has 11 heavy (non-hydrogen) atoms. The summed E-state index contributed by atoms with van der Waals surface area (Å²) in [5, 5.41) is 3.76. The highest BCUT2D eigenvalue weighted by molar-refractivity contribution is 5.01. The monoisotopic (exact) mass is 154 g/mol. The van der Waals surface area contributed by atoms with Gasteiger partial charge < -0.3 is 9.26 Å². The van der Waals surface area contributed by atoms with Gasteiger partial charge in [0.15, 0.2) is 5.82 Å². The van der Waals surface area contributed by atoms with E-state index in [4.69, 9.17) is 9.26 Å². The Kier molecular flexibility index (Phi) is 1.62. The third kappa shape index (κ3) is 1.40. The van der Waals surface area contributed by atoms with Crippen LogP contribution in [0.2, 0.25) is 0 Å². The standard InChI is InChI=1S/C7H10N2O2/c1-10-4-6-8-7(11-9-6)5-2-3-5/h5H,2-4H2,1H3. The molecule has 0 bridgehead atoms. The molecule has 1 aliphatic rings. The predicted molar refractivity (Wildman–Crippen MR) is 37.0 cm³/mol. The first-order valence-electron chi connectivity index (χ1n) is 3.71. The average Bonchev–Trinajstić information content (AvgIpc) is 2.75. The molecule has 0 aliphatic heterocycles. The number of nitrogens with zero attached hydrogens (tertiary/aromatic N) is 2. The lowest BCUT2D eigenvalue weighted by molar-refractivity contribution is 0.174. The number of hydrogen-bond acceptors (Lipinski definition) is 4. The van der Waals surface area contributed by atoms with E-state index in [1.165, 1.54) is 12.8 Å². The van der Waals surface area contributed by atoms with Gasteiger partial charge in [0.1, 0.15) is 6.61 Å². The Bertz CT molecular complexity index is 242. The quantitative estimate of drug-likeness (QED) is 0.654. The zero-order chi connectivity index (χ0) is 7.68. The van der Waals surface area contributed by atoms with Gasteiger partial charge in [0.05, 0.1) is 0 Å². The number of rotatable bonds is 3. The lowest BCUT2D eigenvalue weighted by Gasteiger charge is -1.86. The van der Waals surface area contributed by atoms with Crippen molar-refractivity contribution in [2.75, 3.05) is 7.11 Å². The predicted octanol–water partition coefficient (Wildman–Crippen LogP) is 1.09. The second kappa shape index (κ2) is 2.62. The van der Waals surface area contributed by atoms with Crippen LogP contribution in [0.3, 0.4) is 0 Å². The van der Waals surface area contributed by atoms with Gasteiger partial charge >= 0.3 is 0 Å². The molecule has 1 aliphatic carbocycles. The van der Waals surface area contributed by atoms with Crippen molar-refractivity contribution in [3.63, 3.8) is 0 Å². The summed E-state index contributed by atoms with van der Waals surface area (Å²) < 4.78 is 9.86. The van der Waals surface area contributed by atoms with Crippen LogP contribution in [0.5, 0.6) is 0 Å². The van der Waals surface area contributed by atoms with Gasteiger partial charge in [-0.2, -0.15) is 4.98 Å². The summed E-state index contributed by atoms with van der Waals surface area (Å²) in [5.74, 6) is 1.96. The third-order valence-corrected chi connectivity index (χ3v) is 1.68. The van der Waals surface area contributed by atoms with Gasteiger partial charge in [0.2, 0.25) is 5.89 Å². The van der Waals surface area contributed by atoms with E-state index >= 15 is 0 Å². The van der Waals surface area contributed by atoms with Crippen molar-refractivity contribution in [3.8, 4) is 0 Å². The molecule has 0 aromatic carbocycles. The largest absolute Gasteiger partial charge is 0.377 e. The van der Waals surface area contributed by atoms with Gasteiger partial charge in [0, 0.05) is 13.0 Å². The molecule has 0 radical (unpaired) electrons. The number of aromatic nitrogens is 2. The smallest absolute Gasteiger partial charge is 0.229 e. The highest BCUT2D eigenvalue weighted by Crippen LogP contribution is 2.38. The molecule has 1 aromatic rings. The van der Waals surface area contributed by atoms with Crippen LogP contribution in [0.4, 0.5) is 0 Å². The summed E-state index contributed by atoms with van der Waals surface area (Å²) in [6.45, 7) is 0.441. The molecule has 60 valence electrons. The van der Waals surface area contributed by atoms with Crippen molar-refractivity contribution in [1.82, 2.24) is 10.1 Å². The normalized spacial score (nSPS) is 17.2. The summed E-state index contributed by atoms with van der Waals surface area (Å²) >= 11 is 0. The fraction of sp³-hybridized carbons (Fsp3) is 0.714. The first-order chi connectivity index (χ1) is 5.40. The minimum absolute atomic E-state index is 0.441. The Morgan fingerprint density at radius 3 is 3.09 bits per heavy atom. The summed E-state index contributed by atoms with van der Waals surface area (Å²) in [4.78, 5) is 4.16. The molecule has 1 saturated carbocycles. The fourth-order valence-corrected chi connectivity index (χ4v) is 0.951. The van der Waals surface area contributed by atoms with Crippen LogP contribution in [-0.2, 0) is 11.3 Å². The summed E-state index contributed by atoms with van der Waals surface area (Å²) in [5.41, 5.74) is 0. The molecule has 1 heterocycles. The van der Waals surface area contributed by atoms with E-state index in [-0.39, 0.29) is 0 Å². The second-order valence-corrected chi connectivity index (χ2v) is 2.76. The van der Waals surface area contributed by atoms with Crippen molar-refractivity contribution in [2.24, 2.45) is 0 Å². The number of hydrogen-bond donors (Lipinski definition) is 0. The van der Waals surface area contributed by atoms with Crippen LogP contribution >= 0.6 is 0 Å². The van der Waals surface area contributed by atoms with Crippen LogP contribution < -0.4 is 0 Å². The van der Waals surface area contributed by atoms with Gasteiger partial charge in [0.25, 0.3) is 0 Å². The lowest BCUT2D eigenvalue weighted by Crippen LogP contribution is -1.89. The molecule has 0 amide bonds. The molecule has 0 saturated heterocycles. The molecular formula is C7H10N2O2. The van der Waals surface area contributed by atoms with Gasteiger partial charge in [-0.3, -0.25) is 0 Å². The van der Waals surface area contributed by atoms with Crippen LogP contribution in [0.1, 0.15) is 30.5 Å². The molecule has 1 aromatic heterocycles. The van der Waals surface area contributed by atoms with Crippen molar-refractivity contribution in [2.45, 2.75) is 25.4 Å². The minimum Gasteiger partial charge on any atom is -0.377 e. The highest BCUT2D eigenvalue weighted by atomic mass is 16.5. The third-order valence-electron chi connectivity index (χ3n) is 1.68. The van der Waals surface area contributed by atoms with Crippen molar-refractivity contribution >= 4 is 0 Å². The lowest BCUT2D eigenvalue weighted by atomic mass is 10.4. The van der Waals surface area contributed by atoms with Crippen molar-refractivity contribution < 1.29 is 9.26 Å². The molecule has 0 unspecified atom stereocenters. The maximum atomic E-state index is 5.00. The van der Waals surface area contributed by atoms with Crippen LogP contribution in [0.25, 0.3) is 0 Å².